The number of amides is 2. The van der Waals surface area contributed by atoms with Crippen molar-refractivity contribution in [3.63, 3.8) is 0 Å². The zero-order valence-corrected chi connectivity index (χ0v) is 16.4. The molecule has 1 N–H and O–H groups in total. The molecule has 0 spiro atoms. The van der Waals surface area contributed by atoms with Crippen molar-refractivity contribution in [2.24, 2.45) is 5.92 Å². The molecule has 0 radical (unpaired) electrons. The average Bonchev–Trinajstić information content (AvgIpc) is 2.69. The Labute approximate surface area is 165 Å². The zero-order valence-electron chi connectivity index (χ0n) is 15.7. The molecule has 27 heavy (non-hydrogen) atoms. The maximum absolute atomic E-state index is 12.6. The number of halogens is 1. The molecule has 2 aliphatic rings. The summed E-state index contributed by atoms with van der Waals surface area (Å²) in [6.45, 7) is 6.34. The third-order valence-corrected chi connectivity index (χ3v) is 5.66. The van der Waals surface area contributed by atoms with Crippen LogP contribution in [0.2, 0.25) is 5.02 Å². The molecule has 2 heterocycles. The first-order valence-electron chi connectivity index (χ1n) is 9.74. The van der Waals surface area contributed by atoms with Gasteiger partial charge in [-0.3, -0.25) is 14.5 Å². The standard InChI is InChI=1S/C20H28ClN3O3/c21-18-4-2-1-3-17(18)20(26)24-8-5-16(6-9-24)15-19(25)22-7-10-23-11-13-27-14-12-23/h1-4,16H,5-15H2,(H,22,25). The summed E-state index contributed by atoms with van der Waals surface area (Å²) < 4.78 is 5.32. The van der Waals surface area contributed by atoms with Crippen LogP contribution in [-0.2, 0) is 9.53 Å². The van der Waals surface area contributed by atoms with Gasteiger partial charge in [-0.1, -0.05) is 23.7 Å². The molecule has 148 valence electrons. The number of nitrogens with one attached hydrogen (secondary N) is 1. The lowest BCUT2D eigenvalue weighted by Gasteiger charge is -2.32. The molecule has 0 atom stereocenters. The minimum atomic E-state index is -0.0194. The number of morpholine rings is 1. The second-order valence-corrected chi connectivity index (χ2v) is 7.63. The molecule has 3 rings (SSSR count). The highest BCUT2D eigenvalue weighted by molar-refractivity contribution is 6.33. The molecular formula is C20H28ClN3O3. The van der Waals surface area contributed by atoms with E-state index < -0.39 is 0 Å². The summed E-state index contributed by atoms with van der Waals surface area (Å²) in [5.74, 6) is 0.428. The number of nitrogens with zero attached hydrogens (tertiary/aromatic N) is 2. The van der Waals surface area contributed by atoms with Crippen LogP contribution in [0.15, 0.2) is 24.3 Å². The Hall–Kier alpha value is -1.63. The molecular weight excluding hydrogens is 366 g/mol. The van der Waals surface area contributed by atoms with Crippen molar-refractivity contribution < 1.29 is 14.3 Å². The normalized spacial score (nSPS) is 19.1. The van der Waals surface area contributed by atoms with Crippen LogP contribution < -0.4 is 5.32 Å². The summed E-state index contributed by atoms with van der Waals surface area (Å²) in [5, 5.41) is 3.52. The van der Waals surface area contributed by atoms with Gasteiger partial charge >= 0.3 is 0 Å². The SMILES string of the molecule is O=C(CC1CCN(C(=O)c2ccccc2Cl)CC1)NCCN1CCOCC1. The Morgan fingerprint density at radius 2 is 1.81 bits per heavy atom. The molecule has 2 aliphatic heterocycles. The fraction of sp³-hybridized carbons (Fsp3) is 0.600. The highest BCUT2D eigenvalue weighted by Crippen LogP contribution is 2.24. The smallest absolute Gasteiger partial charge is 0.255 e. The summed E-state index contributed by atoms with van der Waals surface area (Å²) in [6.07, 6.45) is 2.25. The van der Waals surface area contributed by atoms with Crippen LogP contribution in [0.3, 0.4) is 0 Å². The van der Waals surface area contributed by atoms with E-state index in [9.17, 15) is 9.59 Å². The molecule has 0 bridgehead atoms. The molecule has 1 aromatic carbocycles. The van der Waals surface area contributed by atoms with Crippen molar-refractivity contribution in [2.45, 2.75) is 19.3 Å². The maximum atomic E-state index is 12.6. The molecule has 0 aromatic heterocycles. The first-order chi connectivity index (χ1) is 13.1. The number of rotatable bonds is 6. The van der Waals surface area contributed by atoms with Gasteiger partial charge in [0.2, 0.25) is 5.91 Å². The summed E-state index contributed by atoms with van der Waals surface area (Å²) >= 11 is 6.13. The van der Waals surface area contributed by atoms with Gasteiger partial charge in [0, 0.05) is 45.7 Å². The van der Waals surface area contributed by atoms with E-state index in [4.69, 9.17) is 16.3 Å². The number of hydrogen-bond acceptors (Lipinski definition) is 4. The second kappa shape index (κ2) is 10.1. The highest BCUT2D eigenvalue weighted by atomic mass is 35.5. The fourth-order valence-electron chi connectivity index (χ4n) is 3.66. The summed E-state index contributed by atoms with van der Waals surface area (Å²) in [5.41, 5.74) is 0.554. The van der Waals surface area contributed by atoms with Crippen molar-refractivity contribution in [2.75, 3.05) is 52.5 Å². The lowest BCUT2D eigenvalue weighted by molar-refractivity contribution is -0.122. The number of piperidine rings is 1. The molecule has 2 saturated heterocycles. The van der Waals surface area contributed by atoms with E-state index in [-0.39, 0.29) is 11.8 Å². The van der Waals surface area contributed by atoms with E-state index in [1.54, 1.807) is 12.1 Å². The zero-order chi connectivity index (χ0) is 19.1. The van der Waals surface area contributed by atoms with E-state index in [0.717, 1.165) is 45.7 Å². The van der Waals surface area contributed by atoms with Crippen LogP contribution in [0.5, 0.6) is 0 Å². The largest absolute Gasteiger partial charge is 0.379 e. The van der Waals surface area contributed by atoms with Gasteiger partial charge in [-0.15, -0.1) is 0 Å². The first-order valence-corrected chi connectivity index (χ1v) is 10.1. The van der Waals surface area contributed by atoms with Crippen LogP contribution in [0, 0.1) is 5.92 Å². The van der Waals surface area contributed by atoms with Crippen molar-refractivity contribution in [1.82, 2.24) is 15.1 Å². The Morgan fingerprint density at radius 1 is 1.11 bits per heavy atom. The lowest BCUT2D eigenvalue weighted by Crippen LogP contribution is -2.42. The molecule has 6 nitrogen and oxygen atoms in total. The van der Waals surface area contributed by atoms with Crippen LogP contribution in [0.4, 0.5) is 0 Å². The number of carbonyl (C=O) groups is 2. The number of likely N-dealkylation sites (tertiary alicyclic amines) is 1. The van der Waals surface area contributed by atoms with Crippen LogP contribution in [0.25, 0.3) is 0 Å². The van der Waals surface area contributed by atoms with Gasteiger partial charge in [0.1, 0.15) is 0 Å². The Bertz CT molecular complexity index is 641. The first kappa shape index (κ1) is 20.1. The molecule has 7 heteroatoms. The summed E-state index contributed by atoms with van der Waals surface area (Å²) in [4.78, 5) is 28.9. The van der Waals surface area contributed by atoms with Crippen LogP contribution in [-0.4, -0.2) is 74.1 Å². The van der Waals surface area contributed by atoms with E-state index in [2.05, 4.69) is 10.2 Å². The number of hydrogen-bond donors (Lipinski definition) is 1. The molecule has 0 unspecified atom stereocenters. The van der Waals surface area contributed by atoms with Gasteiger partial charge in [0.15, 0.2) is 0 Å². The van der Waals surface area contributed by atoms with E-state index in [0.29, 0.717) is 42.6 Å². The molecule has 2 fully saturated rings. The van der Waals surface area contributed by atoms with E-state index in [1.807, 2.05) is 17.0 Å². The predicted molar refractivity (Wildman–Crippen MR) is 105 cm³/mol. The van der Waals surface area contributed by atoms with Crippen LogP contribution in [0.1, 0.15) is 29.6 Å². The van der Waals surface area contributed by atoms with Crippen molar-refractivity contribution in [1.29, 1.82) is 0 Å². The molecule has 0 aliphatic carbocycles. The monoisotopic (exact) mass is 393 g/mol. The van der Waals surface area contributed by atoms with Crippen molar-refractivity contribution in [3.05, 3.63) is 34.9 Å². The highest BCUT2D eigenvalue weighted by Gasteiger charge is 2.26. The third kappa shape index (κ3) is 5.92. The molecule has 1 aromatic rings. The predicted octanol–water partition coefficient (Wildman–Crippen LogP) is 2.03. The minimum absolute atomic E-state index is 0.0194. The van der Waals surface area contributed by atoms with Gasteiger partial charge in [-0.25, -0.2) is 0 Å². The van der Waals surface area contributed by atoms with Crippen LogP contribution >= 0.6 is 11.6 Å². The quantitative estimate of drug-likeness (QED) is 0.803. The maximum Gasteiger partial charge on any atom is 0.255 e. The van der Waals surface area contributed by atoms with E-state index in [1.165, 1.54) is 0 Å². The summed E-state index contributed by atoms with van der Waals surface area (Å²) in [6, 6.07) is 7.15. The van der Waals surface area contributed by atoms with Gasteiger partial charge in [0.05, 0.1) is 23.8 Å². The Kier molecular flexibility index (Phi) is 7.50. The number of ether oxygens (including phenoxy) is 1. The summed E-state index contributed by atoms with van der Waals surface area (Å²) in [7, 11) is 0. The second-order valence-electron chi connectivity index (χ2n) is 7.22. The topological polar surface area (TPSA) is 61.9 Å². The van der Waals surface area contributed by atoms with Gasteiger partial charge in [0.25, 0.3) is 5.91 Å². The molecule has 2 amide bonds. The van der Waals surface area contributed by atoms with Gasteiger partial charge < -0.3 is 15.0 Å². The van der Waals surface area contributed by atoms with Gasteiger partial charge in [-0.2, -0.15) is 0 Å². The Morgan fingerprint density at radius 3 is 2.52 bits per heavy atom. The minimum Gasteiger partial charge on any atom is -0.379 e. The van der Waals surface area contributed by atoms with Gasteiger partial charge in [-0.05, 0) is 30.9 Å². The number of carbonyl (C=O) groups excluding carboxylic acids is 2. The van der Waals surface area contributed by atoms with Crippen molar-refractivity contribution >= 4 is 23.4 Å². The van der Waals surface area contributed by atoms with Crippen molar-refractivity contribution in [3.8, 4) is 0 Å². The molecule has 0 saturated carbocycles. The Balaban J connectivity index is 1.35. The van der Waals surface area contributed by atoms with E-state index >= 15 is 0 Å². The number of benzene rings is 1. The average molecular weight is 394 g/mol. The lowest BCUT2D eigenvalue weighted by atomic mass is 9.93. The fourth-order valence-corrected chi connectivity index (χ4v) is 3.87. The third-order valence-electron chi connectivity index (χ3n) is 5.33.